The van der Waals surface area contributed by atoms with Crippen LogP contribution >= 0.6 is 0 Å². The predicted molar refractivity (Wildman–Crippen MR) is 105 cm³/mol. The number of nitrogens with zero attached hydrogens (tertiary/aromatic N) is 1. The Kier molecular flexibility index (Phi) is 9.63. The topological polar surface area (TPSA) is 23.8 Å². The van der Waals surface area contributed by atoms with E-state index in [-0.39, 0.29) is 0 Å². The van der Waals surface area contributed by atoms with Crippen molar-refractivity contribution < 1.29 is 0 Å². The Balaban J connectivity index is 3.10. The SMILES string of the molecule is C=[C](c1ccc(C#N)cc1)[Sn]([CH2]CCC)([CH2]CCC)[CH2]CCC. The summed E-state index contributed by atoms with van der Waals surface area (Å²) in [6, 6.07) is 10.4. The zero-order valence-electron chi connectivity index (χ0n) is 15.3. The van der Waals surface area contributed by atoms with Crippen molar-refractivity contribution >= 4 is 22.0 Å². The Morgan fingerprint density at radius 2 is 1.35 bits per heavy atom. The first-order valence-corrected chi connectivity index (χ1v) is 16.8. The molecule has 0 aliphatic rings. The molecular formula is C21H33NSn. The van der Waals surface area contributed by atoms with Gasteiger partial charge in [0.05, 0.1) is 0 Å². The summed E-state index contributed by atoms with van der Waals surface area (Å²) >= 11 is -2.40. The number of rotatable bonds is 11. The average Bonchev–Trinajstić information content (AvgIpc) is 2.61. The molecule has 2 heteroatoms. The molecule has 0 saturated carbocycles. The number of hydrogen-bond acceptors (Lipinski definition) is 1. The molecule has 0 radical (unpaired) electrons. The van der Waals surface area contributed by atoms with Crippen LogP contribution in [0, 0.1) is 11.3 Å². The third-order valence-corrected chi connectivity index (χ3v) is 20.7. The first-order valence-electron chi connectivity index (χ1n) is 9.33. The Hall–Kier alpha value is -0.751. The molecule has 0 N–H and O–H groups in total. The van der Waals surface area contributed by atoms with Crippen molar-refractivity contribution in [3.05, 3.63) is 42.0 Å². The van der Waals surface area contributed by atoms with Crippen LogP contribution in [0.3, 0.4) is 0 Å². The summed E-state index contributed by atoms with van der Waals surface area (Å²) in [7, 11) is 0. The minimum absolute atomic E-state index is 0.748. The second-order valence-corrected chi connectivity index (χ2v) is 20.1. The van der Waals surface area contributed by atoms with Crippen molar-refractivity contribution in [2.45, 2.75) is 72.6 Å². The van der Waals surface area contributed by atoms with Crippen LogP contribution in [0.25, 0.3) is 3.59 Å². The normalized spacial score (nSPS) is 11.2. The molecule has 0 bridgehead atoms. The van der Waals surface area contributed by atoms with E-state index in [2.05, 4.69) is 45.6 Å². The molecule has 0 heterocycles. The molecule has 0 fully saturated rings. The fraction of sp³-hybridized carbons (Fsp3) is 0.571. The Morgan fingerprint density at radius 1 is 0.913 bits per heavy atom. The van der Waals surface area contributed by atoms with E-state index in [0.717, 1.165) is 5.56 Å². The molecular weight excluding hydrogens is 385 g/mol. The number of unbranched alkanes of at least 4 members (excludes halogenated alkanes) is 3. The fourth-order valence-corrected chi connectivity index (χ4v) is 19.2. The molecule has 0 aliphatic carbocycles. The molecule has 0 aliphatic heterocycles. The molecule has 1 rings (SSSR count). The molecule has 0 amide bonds. The Labute approximate surface area is 147 Å². The molecule has 0 unspecified atom stereocenters. The van der Waals surface area contributed by atoms with Gasteiger partial charge >= 0.3 is 148 Å². The molecule has 0 aromatic heterocycles. The van der Waals surface area contributed by atoms with Crippen molar-refractivity contribution in [1.82, 2.24) is 0 Å². The standard InChI is InChI=1S/C9H6N.3C4H9.Sn/c1-2-8-3-5-9(7-10)6-4-8;3*1-3-4-2;/h3-6H,1H2;3*1,3-4H2,2H3;. The van der Waals surface area contributed by atoms with Gasteiger partial charge in [0.2, 0.25) is 0 Å². The molecule has 1 aromatic carbocycles. The van der Waals surface area contributed by atoms with Crippen LogP contribution in [0.15, 0.2) is 30.8 Å². The average molecular weight is 418 g/mol. The summed E-state index contributed by atoms with van der Waals surface area (Å²) in [5.41, 5.74) is 2.06. The van der Waals surface area contributed by atoms with Gasteiger partial charge in [0.25, 0.3) is 0 Å². The summed E-state index contributed by atoms with van der Waals surface area (Å²) in [5, 5.41) is 9.02. The molecule has 0 saturated heterocycles. The van der Waals surface area contributed by atoms with E-state index in [9.17, 15) is 0 Å². The van der Waals surface area contributed by atoms with Gasteiger partial charge in [-0.1, -0.05) is 0 Å². The monoisotopic (exact) mass is 419 g/mol. The van der Waals surface area contributed by atoms with Crippen LogP contribution in [0.2, 0.25) is 13.3 Å². The quantitative estimate of drug-likeness (QED) is 0.357. The van der Waals surface area contributed by atoms with Gasteiger partial charge in [-0.25, -0.2) is 0 Å². The second-order valence-electron chi connectivity index (χ2n) is 6.76. The predicted octanol–water partition coefficient (Wildman–Crippen LogP) is 6.96. The zero-order valence-corrected chi connectivity index (χ0v) is 18.2. The van der Waals surface area contributed by atoms with Gasteiger partial charge in [-0.3, -0.25) is 0 Å². The van der Waals surface area contributed by atoms with E-state index in [1.807, 2.05) is 12.1 Å². The van der Waals surface area contributed by atoms with Crippen molar-refractivity contribution in [3.63, 3.8) is 0 Å². The van der Waals surface area contributed by atoms with Gasteiger partial charge in [-0.05, 0) is 0 Å². The van der Waals surface area contributed by atoms with Gasteiger partial charge < -0.3 is 0 Å². The maximum absolute atomic E-state index is 9.02. The van der Waals surface area contributed by atoms with Crippen molar-refractivity contribution in [1.29, 1.82) is 5.26 Å². The fourth-order valence-electron chi connectivity index (χ4n) is 3.43. The van der Waals surface area contributed by atoms with Crippen molar-refractivity contribution in [3.8, 4) is 6.07 Å². The minimum atomic E-state index is -2.40. The Morgan fingerprint density at radius 3 is 1.70 bits per heavy atom. The maximum atomic E-state index is 9.02. The first-order chi connectivity index (χ1) is 11.1. The van der Waals surface area contributed by atoms with E-state index in [1.54, 1.807) is 0 Å². The van der Waals surface area contributed by atoms with Crippen LogP contribution in [-0.2, 0) is 0 Å². The summed E-state index contributed by atoms with van der Waals surface area (Å²) in [6.07, 6.45) is 7.95. The molecule has 126 valence electrons. The third-order valence-electron chi connectivity index (χ3n) is 5.03. The van der Waals surface area contributed by atoms with Crippen LogP contribution in [0.1, 0.15) is 70.4 Å². The Bertz CT molecular complexity index is 488. The van der Waals surface area contributed by atoms with Crippen LogP contribution in [0.5, 0.6) is 0 Å². The van der Waals surface area contributed by atoms with E-state index in [0.29, 0.717) is 0 Å². The van der Waals surface area contributed by atoms with Gasteiger partial charge in [0, 0.05) is 0 Å². The number of benzene rings is 1. The van der Waals surface area contributed by atoms with Crippen molar-refractivity contribution in [2.75, 3.05) is 0 Å². The summed E-state index contributed by atoms with van der Waals surface area (Å²) in [5.74, 6) is 0. The first kappa shape index (κ1) is 20.3. The van der Waals surface area contributed by atoms with Gasteiger partial charge in [-0.2, -0.15) is 0 Å². The summed E-state index contributed by atoms with van der Waals surface area (Å²) in [6.45, 7) is 11.5. The molecule has 0 spiro atoms. The van der Waals surface area contributed by atoms with Gasteiger partial charge in [-0.15, -0.1) is 0 Å². The van der Waals surface area contributed by atoms with E-state index in [1.165, 1.54) is 61.0 Å². The second kappa shape index (κ2) is 10.9. The third kappa shape index (κ3) is 5.99. The van der Waals surface area contributed by atoms with E-state index in [4.69, 9.17) is 5.26 Å². The molecule has 0 atom stereocenters. The molecule has 1 aromatic rings. The zero-order chi connectivity index (χ0) is 17.1. The molecule has 1 nitrogen and oxygen atoms in total. The van der Waals surface area contributed by atoms with Crippen LogP contribution in [-0.4, -0.2) is 18.4 Å². The number of hydrogen-bond donors (Lipinski definition) is 0. The van der Waals surface area contributed by atoms with Gasteiger partial charge in [0.1, 0.15) is 0 Å². The van der Waals surface area contributed by atoms with Crippen LogP contribution in [0.4, 0.5) is 0 Å². The molecule has 23 heavy (non-hydrogen) atoms. The van der Waals surface area contributed by atoms with Crippen LogP contribution < -0.4 is 0 Å². The number of nitriles is 1. The van der Waals surface area contributed by atoms with Gasteiger partial charge in [0.15, 0.2) is 0 Å². The van der Waals surface area contributed by atoms with E-state index < -0.39 is 18.4 Å². The van der Waals surface area contributed by atoms with Crippen molar-refractivity contribution in [2.24, 2.45) is 0 Å². The summed E-state index contributed by atoms with van der Waals surface area (Å²) < 4.78 is 5.84. The van der Waals surface area contributed by atoms with E-state index >= 15 is 0 Å². The summed E-state index contributed by atoms with van der Waals surface area (Å²) in [4.78, 5) is 0.